The van der Waals surface area contributed by atoms with Crippen LogP contribution < -0.4 is 11.1 Å². The maximum absolute atomic E-state index is 12.0. The first-order valence-corrected chi connectivity index (χ1v) is 8.27. The Bertz CT molecular complexity index is 877. The van der Waals surface area contributed by atoms with Crippen molar-refractivity contribution in [1.29, 1.82) is 0 Å². The smallest absolute Gasteiger partial charge is 0.221 e. The van der Waals surface area contributed by atoms with Crippen molar-refractivity contribution in [2.75, 3.05) is 5.73 Å². The van der Waals surface area contributed by atoms with Crippen LogP contribution in [-0.2, 0) is 11.3 Å². The number of pyridine rings is 1. The summed E-state index contributed by atoms with van der Waals surface area (Å²) < 4.78 is 0. The molecular formula is C16H14N6OS. The van der Waals surface area contributed by atoms with Crippen molar-refractivity contribution < 1.29 is 4.79 Å². The molecule has 1 atom stereocenters. The minimum absolute atomic E-state index is 0.0161. The molecule has 0 bridgehead atoms. The molecule has 120 valence electrons. The molecule has 1 aliphatic heterocycles. The number of thiazole rings is 1. The summed E-state index contributed by atoms with van der Waals surface area (Å²) in [5.74, 6) is 0.411. The Hall–Kier alpha value is -2.87. The highest BCUT2D eigenvalue weighted by molar-refractivity contribution is 7.15. The molecule has 1 unspecified atom stereocenters. The van der Waals surface area contributed by atoms with E-state index < -0.39 is 0 Å². The van der Waals surface area contributed by atoms with Crippen molar-refractivity contribution in [2.45, 2.75) is 18.9 Å². The highest BCUT2D eigenvalue weighted by Crippen LogP contribution is 2.36. The van der Waals surface area contributed by atoms with Crippen LogP contribution in [-0.4, -0.2) is 25.8 Å². The molecule has 4 rings (SSSR count). The van der Waals surface area contributed by atoms with Gasteiger partial charge in [-0.15, -0.1) is 11.3 Å². The molecular weight excluding hydrogens is 324 g/mol. The Labute approximate surface area is 142 Å². The van der Waals surface area contributed by atoms with Crippen molar-refractivity contribution in [3.05, 3.63) is 52.9 Å². The molecule has 0 saturated carbocycles. The van der Waals surface area contributed by atoms with Crippen molar-refractivity contribution in [1.82, 2.24) is 25.3 Å². The molecule has 24 heavy (non-hydrogen) atoms. The van der Waals surface area contributed by atoms with Crippen LogP contribution in [0.1, 0.15) is 28.5 Å². The van der Waals surface area contributed by atoms with Crippen molar-refractivity contribution in [3.8, 4) is 11.5 Å². The number of nitrogens with two attached hydrogens (primary N) is 1. The van der Waals surface area contributed by atoms with Gasteiger partial charge >= 0.3 is 0 Å². The third-order valence-corrected chi connectivity index (χ3v) is 4.91. The molecule has 8 heteroatoms. The van der Waals surface area contributed by atoms with Gasteiger partial charge in [0.1, 0.15) is 5.69 Å². The van der Waals surface area contributed by atoms with Crippen LogP contribution in [0, 0.1) is 0 Å². The lowest BCUT2D eigenvalue weighted by Crippen LogP contribution is -2.21. The number of hydrogen-bond acceptors (Lipinski definition) is 7. The largest absolute Gasteiger partial charge is 0.375 e. The topological polar surface area (TPSA) is 107 Å². The van der Waals surface area contributed by atoms with Gasteiger partial charge in [-0.1, -0.05) is 6.07 Å². The maximum atomic E-state index is 12.0. The standard InChI is InChI=1S/C16H14N6OS/c17-16-22-12-8-19-13(23)5-10(14(12)24-16)9-6-20-15(21-7-9)11-3-1-2-4-18-11/h1-4,6-7,10H,5,8H2,(H2,17,22)(H,19,23). The van der Waals surface area contributed by atoms with E-state index in [0.29, 0.717) is 29.6 Å². The summed E-state index contributed by atoms with van der Waals surface area (Å²) in [5, 5.41) is 3.36. The summed E-state index contributed by atoms with van der Waals surface area (Å²) >= 11 is 1.42. The molecule has 0 fully saturated rings. The van der Waals surface area contributed by atoms with E-state index in [2.05, 4.69) is 25.3 Å². The zero-order valence-corrected chi connectivity index (χ0v) is 13.5. The van der Waals surface area contributed by atoms with E-state index in [-0.39, 0.29) is 11.8 Å². The molecule has 3 aromatic heterocycles. The van der Waals surface area contributed by atoms with Crippen molar-refractivity contribution in [3.63, 3.8) is 0 Å². The minimum atomic E-state index is -0.130. The van der Waals surface area contributed by atoms with Gasteiger partial charge in [-0.2, -0.15) is 0 Å². The van der Waals surface area contributed by atoms with Crippen molar-refractivity contribution in [2.24, 2.45) is 0 Å². The second-order valence-corrected chi connectivity index (χ2v) is 6.51. The van der Waals surface area contributed by atoms with Crippen LogP contribution >= 0.6 is 11.3 Å². The van der Waals surface area contributed by atoms with Gasteiger partial charge in [0, 0.05) is 35.8 Å². The zero-order valence-electron chi connectivity index (χ0n) is 12.6. The van der Waals surface area contributed by atoms with E-state index in [1.54, 1.807) is 18.6 Å². The molecule has 7 nitrogen and oxygen atoms in total. The molecule has 0 spiro atoms. The van der Waals surface area contributed by atoms with Crippen LogP contribution in [0.3, 0.4) is 0 Å². The number of nitrogens with zero attached hydrogens (tertiary/aromatic N) is 4. The molecule has 1 amide bonds. The summed E-state index contributed by atoms with van der Waals surface area (Å²) in [7, 11) is 0. The number of aromatic nitrogens is 4. The number of hydrogen-bond donors (Lipinski definition) is 2. The lowest BCUT2D eigenvalue weighted by Gasteiger charge is -2.13. The number of nitrogens with one attached hydrogen (secondary N) is 1. The Morgan fingerprint density at radius 1 is 1.21 bits per heavy atom. The Morgan fingerprint density at radius 2 is 2.04 bits per heavy atom. The zero-order chi connectivity index (χ0) is 16.5. The summed E-state index contributed by atoms with van der Waals surface area (Å²) in [4.78, 5) is 30.4. The Morgan fingerprint density at radius 3 is 2.79 bits per heavy atom. The van der Waals surface area contributed by atoms with Crippen LogP contribution in [0.5, 0.6) is 0 Å². The van der Waals surface area contributed by atoms with Gasteiger partial charge in [0.15, 0.2) is 11.0 Å². The third kappa shape index (κ3) is 2.71. The second kappa shape index (κ2) is 5.97. The Balaban J connectivity index is 1.71. The average molecular weight is 338 g/mol. The number of rotatable bonds is 2. The van der Waals surface area contributed by atoms with Crippen LogP contribution in [0.4, 0.5) is 5.13 Å². The predicted octanol–water partition coefficient (Wildman–Crippen LogP) is 1.73. The molecule has 1 aliphatic rings. The summed E-state index contributed by atoms with van der Waals surface area (Å²) in [6.45, 7) is 0.408. The van der Waals surface area contributed by atoms with Crippen LogP contribution in [0.15, 0.2) is 36.8 Å². The lowest BCUT2D eigenvalue weighted by molar-refractivity contribution is -0.121. The van der Waals surface area contributed by atoms with E-state index in [0.717, 1.165) is 16.1 Å². The molecule has 4 heterocycles. The fourth-order valence-electron chi connectivity index (χ4n) is 2.73. The first kappa shape index (κ1) is 14.7. The SMILES string of the molecule is Nc1nc2c(s1)C(c1cnc(-c3ccccn3)nc1)CC(=O)NC2. The molecule has 3 N–H and O–H groups in total. The normalized spacial score (nSPS) is 17.0. The first-order valence-electron chi connectivity index (χ1n) is 7.46. The van der Waals surface area contributed by atoms with E-state index in [1.807, 2.05) is 18.2 Å². The predicted molar refractivity (Wildman–Crippen MR) is 90.1 cm³/mol. The van der Waals surface area contributed by atoms with E-state index in [4.69, 9.17) is 5.73 Å². The average Bonchev–Trinajstić information content (AvgIpc) is 2.92. The number of carbonyl (C=O) groups excluding carboxylic acids is 1. The quantitative estimate of drug-likeness (QED) is 0.737. The molecule has 0 saturated heterocycles. The monoisotopic (exact) mass is 338 g/mol. The van der Waals surface area contributed by atoms with Crippen LogP contribution in [0.2, 0.25) is 0 Å². The van der Waals surface area contributed by atoms with E-state index >= 15 is 0 Å². The van der Waals surface area contributed by atoms with Crippen molar-refractivity contribution >= 4 is 22.4 Å². The number of amides is 1. The summed E-state index contributed by atoms with van der Waals surface area (Å²) in [6, 6.07) is 5.59. The lowest BCUT2D eigenvalue weighted by atomic mass is 9.96. The number of carbonyl (C=O) groups is 1. The van der Waals surface area contributed by atoms with Gasteiger partial charge in [-0.25, -0.2) is 15.0 Å². The van der Waals surface area contributed by atoms with Gasteiger partial charge in [-0.3, -0.25) is 9.78 Å². The van der Waals surface area contributed by atoms with Crippen LogP contribution in [0.25, 0.3) is 11.5 Å². The third-order valence-electron chi connectivity index (χ3n) is 3.87. The number of fused-ring (bicyclic) bond motifs is 1. The number of anilines is 1. The van der Waals surface area contributed by atoms with Gasteiger partial charge < -0.3 is 11.1 Å². The molecule has 0 aliphatic carbocycles. The maximum Gasteiger partial charge on any atom is 0.221 e. The highest BCUT2D eigenvalue weighted by atomic mass is 32.1. The molecule has 0 aromatic carbocycles. The molecule has 0 radical (unpaired) electrons. The fraction of sp³-hybridized carbons (Fsp3) is 0.188. The molecule has 3 aromatic rings. The van der Waals surface area contributed by atoms with E-state index in [9.17, 15) is 4.79 Å². The summed E-state index contributed by atoms with van der Waals surface area (Å²) in [5.41, 5.74) is 8.25. The summed E-state index contributed by atoms with van der Waals surface area (Å²) in [6.07, 6.45) is 5.54. The Kier molecular flexibility index (Phi) is 3.66. The van der Waals surface area contributed by atoms with Gasteiger partial charge in [0.25, 0.3) is 0 Å². The first-order chi connectivity index (χ1) is 11.7. The second-order valence-electron chi connectivity index (χ2n) is 5.45. The van der Waals surface area contributed by atoms with Gasteiger partial charge in [-0.05, 0) is 17.7 Å². The fourth-order valence-corrected chi connectivity index (χ4v) is 3.71. The number of nitrogen functional groups attached to an aromatic ring is 1. The van der Waals surface area contributed by atoms with Gasteiger partial charge in [0.2, 0.25) is 5.91 Å². The highest BCUT2D eigenvalue weighted by Gasteiger charge is 2.28. The minimum Gasteiger partial charge on any atom is -0.375 e. The van der Waals surface area contributed by atoms with Gasteiger partial charge in [0.05, 0.1) is 12.2 Å². The van der Waals surface area contributed by atoms with E-state index in [1.165, 1.54) is 11.3 Å².